The lowest BCUT2D eigenvalue weighted by atomic mass is 10.1. The Bertz CT molecular complexity index is 445. The number of hydrogen-bond donors (Lipinski definition) is 1. The first kappa shape index (κ1) is 10.6. The monoisotopic (exact) mass is 220 g/mol. The average molecular weight is 220 g/mol. The third-order valence-corrected chi connectivity index (χ3v) is 2.65. The van der Waals surface area contributed by atoms with Gasteiger partial charge in [-0.3, -0.25) is 14.6 Å². The lowest BCUT2D eigenvalue weighted by Gasteiger charge is -2.15. The van der Waals surface area contributed by atoms with Crippen LogP contribution in [0.2, 0.25) is 0 Å². The summed E-state index contributed by atoms with van der Waals surface area (Å²) in [7, 11) is 0. The summed E-state index contributed by atoms with van der Waals surface area (Å²) < 4.78 is 0. The molecule has 1 aliphatic heterocycles. The molecule has 0 aromatic carbocycles. The first-order valence-electron chi connectivity index (χ1n) is 5.03. The third kappa shape index (κ3) is 1.88. The van der Waals surface area contributed by atoms with Gasteiger partial charge < -0.3 is 10.0 Å². The van der Waals surface area contributed by atoms with Crippen molar-refractivity contribution in [1.82, 2.24) is 4.98 Å². The second-order valence-electron chi connectivity index (χ2n) is 3.96. The minimum absolute atomic E-state index is 0.0727. The molecule has 1 aromatic heterocycles. The highest BCUT2D eigenvalue weighted by Crippen LogP contribution is 2.24. The van der Waals surface area contributed by atoms with E-state index < -0.39 is 11.9 Å². The van der Waals surface area contributed by atoms with E-state index in [4.69, 9.17) is 5.11 Å². The van der Waals surface area contributed by atoms with Gasteiger partial charge in [0.05, 0.1) is 17.8 Å². The van der Waals surface area contributed by atoms with Crippen LogP contribution in [0.3, 0.4) is 0 Å². The van der Waals surface area contributed by atoms with Crippen molar-refractivity contribution in [1.29, 1.82) is 0 Å². The van der Waals surface area contributed by atoms with E-state index in [0.29, 0.717) is 5.69 Å². The van der Waals surface area contributed by atoms with Gasteiger partial charge in [0.1, 0.15) is 0 Å². The topological polar surface area (TPSA) is 70.5 Å². The van der Waals surface area contributed by atoms with Crippen molar-refractivity contribution in [2.24, 2.45) is 5.92 Å². The molecule has 2 heterocycles. The highest BCUT2D eigenvalue weighted by molar-refractivity contribution is 5.99. The number of anilines is 1. The number of carbonyl (C=O) groups is 2. The molecule has 1 N–H and O–H groups in total. The van der Waals surface area contributed by atoms with Crippen molar-refractivity contribution in [2.75, 3.05) is 11.4 Å². The molecule has 1 saturated heterocycles. The van der Waals surface area contributed by atoms with E-state index in [1.807, 2.05) is 13.0 Å². The van der Waals surface area contributed by atoms with E-state index in [0.717, 1.165) is 5.56 Å². The van der Waals surface area contributed by atoms with Crippen LogP contribution in [0.5, 0.6) is 0 Å². The first-order chi connectivity index (χ1) is 7.58. The van der Waals surface area contributed by atoms with Gasteiger partial charge in [-0.05, 0) is 18.6 Å². The van der Waals surface area contributed by atoms with Crippen LogP contribution < -0.4 is 4.90 Å². The van der Waals surface area contributed by atoms with Gasteiger partial charge in [-0.2, -0.15) is 0 Å². The minimum Gasteiger partial charge on any atom is -0.481 e. The normalized spacial score (nSPS) is 20.2. The third-order valence-electron chi connectivity index (χ3n) is 2.65. The summed E-state index contributed by atoms with van der Waals surface area (Å²) in [5.74, 6) is -1.68. The van der Waals surface area contributed by atoms with Crippen LogP contribution in [-0.4, -0.2) is 28.5 Å². The molecule has 1 atom stereocenters. The van der Waals surface area contributed by atoms with Gasteiger partial charge in [0.15, 0.2) is 0 Å². The number of nitrogens with zero attached hydrogens (tertiary/aromatic N) is 2. The van der Waals surface area contributed by atoms with E-state index in [9.17, 15) is 9.59 Å². The van der Waals surface area contributed by atoms with Gasteiger partial charge in [-0.1, -0.05) is 0 Å². The fraction of sp³-hybridized carbons (Fsp3) is 0.364. The molecule has 1 aromatic rings. The van der Waals surface area contributed by atoms with E-state index in [-0.39, 0.29) is 18.9 Å². The largest absolute Gasteiger partial charge is 0.481 e. The van der Waals surface area contributed by atoms with Crippen LogP contribution in [0.4, 0.5) is 5.69 Å². The van der Waals surface area contributed by atoms with Crippen molar-refractivity contribution >= 4 is 17.6 Å². The molecule has 1 fully saturated rings. The van der Waals surface area contributed by atoms with E-state index in [1.165, 1.54) is 4.90 Å². The number of carboxylic acid groups (broad SMARTS) is 1. The number of aliphatic carboxylic acids is 1. The molecule has 0 radical (unpaired) electrons. The second-order valence-corrected chi connectivity index (χ2v) is 3.96. The Hall–Kier alpha value is -1.91. The van der Waals surface area contributed by atoms with Crippen LogP contribution in [0.1, 0.15) is 12.0 Å². The first-order valence-corrected chi connectivity index (χ1v) is 5.03. The zero-order chi connectivity index (χ0) is 11.7. The van der Waals surface area contributed by atoms with Crippen LogP contribution >= 0.6 is 0 Å². The quantitative estimate of drug-likeness (QED) is 0.801. The summed E-state index contributed by atoms with van der Waals surface area (Å²) >= 11 is 0. The molecule has 2 rings (SSSR count). The molecule has 1 aliphatic rings. The van der Waals surface area contributed by atoms with Crippen molar-refractivity contribution in [2.45, 2.75) is 13.3 Å². The van der Waals surface area contributed by atoms with Gasteiger partial charge in [-0.25, -0.2) is 0 Å². The summed E-state index contributed by atoms with van der Waals surface area (Å²) in [6, 6.07) is 1.83. The molecule has 5 heteroatoms. The lowest BCUT2D eigenvalue weighted by Crippen LogP contribution is -2.25. The second kappa shape index (κ2) is 3.92. The van der Waals surface area contributed by atoms with Gasteiger partial charge in [0, 0.05) is 19.2 Å². The highest BCUT2D eigenvalue weighted by Gasteiger charge is 2.35. The number of amides is 1. The Labute approximate surface area is 92.7 Å². The van der Waals surface area contributed by atoms with Gasteiger partial charge in [-0.15, -0.1) is 0 Å². The highest BCUT2D eigenvalue weighted by atomic mass is 16.4. The van der Waals surface area contributed by atoms with Gasteiger partial charge in [0.2, 0.25) is 5.91 Å². The average Bonchev–Trinajstić information content (AvgIpc) is 2.60. The minimum atomic E-state index is -0.920. The molecule has 0 bridgehead atoms. The van der Waals surface area contributed by atoms with Crippen molar-refractivity contribution in [3.05, 3.63) is 24.0 Å². The predicted molar refractivity (Wildman–Crippen MR) is 57.1 cm³/mol. The number of hydrogen-bond acceptors (Lipinski definition) is 3. The number of pyridine rings is 1. The Balaban J connectivity index is 2.23. The van der Waals surface area contributed by atoms with E-state index in [1.54, 1.807) is 12.4 Å². The molecule has 0 aliphatic carbocycles. The fourth-order valence-electron chi connectivity index (χ4n) is 1.81. The zero-order valence-electron chi connectivity index (χ0n) is 8.88. The van der Waals surface area contributed by atoms with Crippen LogP contribution in [-0.2, 0) is 9.59 Å². The number of aromatic nitrogens is 1. The van der Waals surface area contributed by atoms with Crippen LogP contribution in [0.15, 0.2) is 18.5 Å². The zero-order valence-corrected chi connectivity index (χ0v) is 8.88. The molecule has 1 amide bonds. The summed E-state index contributed by atoms with van der Waals surface area (Å²) in [4.78, 5) is 27.9. The molecule has 5 nitrogen and oxygen atoms in total. The molecular weight excluding hydrogens is 208 g/mol. The maximum atomic E-state index is 11.6. The Morgan fingerprint density at radius 1 is 1.56 bits per heavy atom. The Morgan fingerprint density at radius 2 is 2.31 bits per heavy atom. The molecule has 16 heavy (non-hydrogen) atoms. The maximum Gasteiger partial charge on any atom is 0.308 e. The van der Waals surface area contributed by atoms with Crippen LogP contribution in [0.25, 0.3) is 0 Å². The predicted octanol–water partition coefficient (Wildman–Crippen LogP) is 0.828. The number of rotatable bonds is 2. The van der Waals surface area contributed by atoms with Crippen molar-refractivity contribution in [3.63, 3.8) is 0 Å². The number of carbonyl (C=O) groups excluding carboxylic acids is 1. The number of carboxylic acids is 1. The van der Waals surface area contributed by atoms with Gasteiger partial charge >= 0.3 is 5.97 Å². The lowest BCUT2D eigenvalue weighted by molar-refractivity contribution is -0.141. The summed E-state index contributed by atoms with van der Waals surface area (Å²) in [6.45, 7) is 2.12. The Morgan fingerprint density at radius 3 is 2.88 bits per heavy atom. The van der Waals surface area contributed by atoms with Crippen molar-refractivity contribution in [3.8, 4) is 0 Å². The summed E-state index contributed by atoms with van der Waals surface area (Å²) in [5, 5.41) is 8.86. The van der Waals surface area contributed by atoms with Gasteiger partial charge in [0.25, 0.3) is 0 Å². The number of aryl methyl sites for hydroxylation is 1. The molecule has 0 spiro atoms. The Kier molecular flexibility index (Phi) is 2.60. The summed E-state index contributed by atoms with van der Waals surface area (Å²) in [6.07, 6.45) is 3.34. The maximum absolute atomic E-state index is 11.6. The van der Waals surface area contributed by atoms with Crippen molar-refractivity contribution < 1.29 is 14.7 Å². The molecule has 0 unspecified atom stereocenters. The molecule has 0 saturated carbocycles. The van der Waals surface area contributed by atoms with E-state index in [2.05, 4.69) is 4.98 Å². The molecular formula is C11H12N2O3. The van der Waals surface area contributed by atoms with Crippen LogP contribution in [0, 0.1) is 12.8 Å². The fourth-order valence-corrected chi connectivity index (χ4v) is 1.81. The molecule has 84 valence electrons. The smallest absolute Gasteiger partial charge is 0.308 e. The SMILES string of the molecule is Cc1cncc(N2C[C@@H](C(=O)O)CC2=O)c1. The standard InChI is InChI=1S/C11H12N2O3/c1-7-2-9(5-12-4-7)13-6-8(11(15)16)3-10(13)14/h2,4-5,8H,3,6H2,1H3,(H,15,16)/t8-/m0/s1. The van der Waals surface area contributed by atoms with E-state index >= 15 is 0 Å². The summed E-state index contributed by atoms with van der Waals surface area (Å²) in [5.41, 5.74) is 1.62.